The number of carbonyl (C=O) groups excluding carboxylic acids is 1. The molecule has 3 nitrogen and oxygen atoms in total. The molecule has 4 aliphatic carbocycles. The molecule has 34 heavy (non-hydrogen) atoms. The number of hydrogen-bond donors (Lipinski definition) is 1. The van der Waals surface area contributed by atoms with Gasteiger partial charge in [0, 0.05) is 32.5 Å². The summed E-state index contributed by atoms with van der Waals surface area (Å²) in [7, 11) is 3.41. The van der Waals surface area contributed by atoms with Crippen molar-refractivity contribution in [3.8, 4) is 12.3 Å². The van der Waals surface area contributed by atoms with E-state index in [1.807, 2.05) is 0 Å². The first-order valence-corrected chi connectivity index (χ1v) is 12.3. The third kappa shape index (κ3) is 4.01. The molecular formula is C29H35F2NO2. The first kappa shape index (κ1) is 24.7. The molecule has 0 heterocycles. The highest BCUT2D eigenvalue weighted by Crippen LogP contribution is 2.64. The standard InChI is InChI=1S/C26H31F2NO2.C3H4/c1-26-13-19(18-11-22(28)23(29(2)3)12-21(18)27)25-16-7-5-15(30)10-14(16)4-6-17(25)20(26)8-9-24(26)31;1-3-2/h10-12,17,19-20,24,31H,4-9,13H2,1-3H3;1H,2H3. The normalized spacial score (nSPS) is 31.9. The van der Waals surface area contributed by atoms with Crippen LogP contribution in [0, 0.1) is 41.2 Å². The Labute approximate surface area is 201 Å². The Kier molecular flexibility index (Phi) is 6.75. The number of rotatable bonds is 2. The van der Waals surface area contributed by atoms with Crippen molar-refractivity contribution in [3.63, 3.8) is 0 Å². The molecule has 0 saturated heterocycles. The van der Waals surface area contributed by atoms with E-state index in [1.165, 1.54) is 23.3 Å². The van der Waals surface area contributed by atoms with Crippen LogP contribution in [0.3, 0.4) is 0 Å². The van der Waals surface area contributed by atoms with Gasteiger partial charge in [0.1, 0.15) is 11.6 Å². The summed E-state index contributed by atoms with van der Waals surface area (Å²) in [6.45, 7) is 3.79. The number of benzene rings is 1. The molecule has 5 unspecified atom stereocenters. The van der Waals surface area contributed by atoms with Crippen LogP contribution in [0.5, 0.6) is 0 Å². The first-order chi connectivity index (χ1) is 16.1. The van der Waals surface area contributed by atoms with E-state index in [2.05, 4.69) is 19.3 Å². The maximum Gasteiger partial charge on any atom is 0.156 e. The molecule has 2 fully saturated rings. The molecule has 0 spiro atoms. The number of terminal acetylenes is 1. The van der Waals surface area contributed by atoms with E-state index in [1.54, 1.807) is 32.0 Å². The van der Waals surface area contributed by atoms with E-state index in [0.717, 1.165) is 31.3 Å². The van der Waals surface area contributed by atoms with Gasteiger partial charge < -0.3 is 10.0 Å². The fourth-order valence-corrected chi connectivity index (χ4v) is 7.07. The van der Waals surface area contributed by atoms with Gasteiger partial charge in [-0.1, -0.05) is 12.5 Å². The minimum atomic E-state index is -0.423. The zero-order chi connectivity index (χ0) is 24.8. The molecule has 4 aliphatic rings. The molecule has 0 bridgehead atoms. The van der Waals surface area contributed by atoms with Gasteiger partial charge in [-0.25, -0.2) is 8.78 Å². The summed E-state index contributed by atoms with van der Waals surface area (Å²) in [5.41, 5.74) is 3.86. The lowest BCUT2D eigenvalue weighted by molar-refractivity contribution is -0.114. The summed E-state index contributed by atoms with van der Waals surface area (Å²) in [4.78, 5) is 13.6. The molecule has 1 aromatic carbocycles. The summed E-state index contributed by atoms with van der Waals surface area (Å²) in [6.07, 6.45) is 11.3. The summed E-state index contributed by atoms with van der Waals surface area (Å²) >= 11 is 0. The lowest BCUT2D eigenvalue weighted by Crippen LogP contribution is -2.45. The van der Waals surface area contributed by atoms with Gasteiger partial charge in [-0.15, -0.1) is 12.3 Å². The highest BCUT2D eigenvalue weighted by Gasteiger charge is 2.56. The Morgan fingerprint density at radius 1 is 1.12 bits per heavy atom. The zero-order valence-electron chi connectivity index (χ0n) is 20.6. The van der Waals surface area contributed by atoms with Crippen LogP contribution >= 0.6 is 0 Å². The average molecular weight is 468 g/mol. The number of hydrogen-bond acceptors (Lipinski definition) is 3. The maximum absolute atomic E-state index is 15.4. The van der Waals surface area contributed by atoms with Gasteiger partial charge in [-0.05, 0) is 91.6 Å². The molecule has 1 N–H and O–H groups in total. The number of aliphatic hydroxyl groups excluding tert-OH is 1. The van der Waals surface area contributed by atoms with Crippen molar-refractivity contribution in [2.24, 2.45) is 17.3 Å². The monoisotopic (exact) mass is 467 g/mol. The Morgan fingerprint density at radius 3 is 2.50 bits per heavy atom. The molecule has 5 heteroatoms. The molecule has 2 saturated carbocycles. The van der Waals surface area contributed by atoms with E-state index in [4.69, 9.17) is 0 Å². The number of nitrogens with zero attached hydrogens (tertiary/aromatic N) is 1. The molecular weight excluding hydrogens is 432 g/mol. The van der Waals surface area contributed by atoms with Gasteiger partial charge in [0.2, 0.25) is 0 Å². The maximum atomic E-state index is 15.4. The Balaban J connectivity index is 0.000000868. The van der Waals surface area contributed by atoms with Crippen LogP contribution in [0.4, 0.5) is 14.5 Å². The van der Waals surface area contributed by atoms with Crippen molar-refractivity contribution in [1.29, 1.82) is 0 Å². The van der Waals surface area contributed by atoms with Crippen molar-refractivity contribution < 1.29 is 18.7 Å². The topological polar surface area (TPSA) is 40.5 Å². The van der Waals surface area contributed by atoms with Crippen LogP contribution in [0.15, 0.2) is 34.9 Å². The number of carbonyl (C=O) groups is 1. The highest BCUT2D eigenvalue weighted by atomic mass is 19.1. The van der Waals surface area contributed by atoms with Gasteiger partial charge in [-0.3, -0.25) is 4.79 Å². The van der Waals surface area contributed by atoms with Crippen molar-refractivity contribution in [1.82, 2.24) is 0 Å². The van der Waals surface area contributed by atoms with E-state index in [-0.39, 0.29) is 34.5 Å². The number of anilines is 1. The summed E-state index contributed by atoms with van der Waals surface area (Å²) < 4.78 is 30.4. The second-order valence-electron chi connectivity index (χ2n) is 10.7. The number of halogens is 2. The lowest BCUT2D eigenvalue weighted by Gasteiger charge is -2.52. The van der Waals surface area contributed by atoms with Gasteiger partial charge in [-0.2, -0.15) is 0 Å². The van der Waals surface area contributed by atoms with Crippen molar-refractivity contribution >= 4 is 11.5 Å². The second kappa shape index (κ2) is 9.30. The molecule has 5 atom stereocenters. The zero-order valence-corrected chi connectivity index (χ0v) is 20.6. The van der Waals surface area contributed by atoms with Crippen LogP contribution in [-0.2, 0) is 4.79 Å². The van der Waals surface area contributed by atoms with E-state index >= 15 is 4.39 Å². The number of fused-ring (bicyclic) bond motifs is 4. The molecule has 1 aromatic rings. The Hall–Kier alpha value is -2.45. The van der Waals surface area contributed by atoms with Crippen LogP contribution < -0.4 is 4.90 Å². The lowest BCUT2D eigenvalue weighted by atomic mass is 9.53. The van der Waals surface area contributed by atoms with Crippen LogP contribution in [0.2, 0.25) is 0 Å². The first-order valence-electron chi connectivity index (χ1n) is 12.3. The SMILES string of the molecule is C#CC.CN(C)c1cc(F)c(C2CC3(C)C(O)CCC3C3CCC4=CC(=O)CCC4=C23)cc1F. The van der Waals surface area contributed by atoms with Gasteiger partial charge in [0.15, 0.2) is 5.78 Å². The van der Waals surface area contributed by atoms with Crippen molar-refractivity contribution in [3.05, 3.63) is 52.1 Å². The molecule has 0 amide bonds. The number of aliphatic hydroxyl groups is 1. The molecule has 0 aromatic heterocycles. The fraction of sp³-hybridized carbons (Fsp3) is 0.552. The van der Waals surface area contributed by atoms with Gasteiger partial charge in [0.25, 0.3) is 0 Å². The van der Waals surface area contributed by atoms with Crippen LogP contribution in [0.25, 0.3) is 0 Å². The summed E-state index contributed by atoms with van der Waals surface area (Å²) in [5, 5.41) is 10.9. The number of ketones is 1. The number of allylic oxidation sites excluding steroid dienone is 4. The third-order valence-electron chi connectivity index (χ3n) is 8.60. The molecule has 0 radical (unpaired) electrons. The summed E-state index contributed by atoms with van der Waals surface area (Å²) in [5.74, 6) is 1.95. The Morgan fingerprint density at radius 2 is 1.82 bits per heavy atom. The smallest absolute Gasteiger partial charge is 0.156 e. The minimum absolute atomic E-state index is 0.166. The van der Waals surface area contributed by atoms with Gasteiger partial charge >= 0.3 is 0 Å². The van der Waals surface area contributed by atoms with Crippen molar-refractivity contribution in [2.75, 3.05) is 19.0 Å². The fourth-order valence-electron chi connectivity index (χ4n) is 7.07. The molecule has 5 rings (SSSR count). The minimum Gasteiger partial charge on any atom is -0.393 e. The molecule has 0 aliphatic heterocycles. The quantitative estimate of drug-likeness (QED) is 0.548. The van der Waals surface area contributed by atoms with E-state index in [0.29, 0.717) is 30.7 Å². The third-order valence-corrected chi connectivity index (χ3v) is 8.60. The molecule has 182 valence electrons. The van der Waals surface area contributed by atoms with Gasteiger partial charge in [0.05, 0.1) is 11.8 Å². The van der Waals surface area contributed by atoms with Crippen molar-refractivity contribution in [2.45, 2.75) is 70.8 Å². The Bertz CT molecular complexity index is 1100. The van der Waals surface area contributed by atoms with Crippen LogP contribution in [-0.4, -0.2) is 31.1 Å². The second-order valence-corrected chi connectivity index (χ2v) is 10.7. The predicted molar refractivity (Wildman–Crippen MR) is 131 cm³/mol. The largest absolute Gasteiger partial charge is 0.393 e. The van der Waals surface area contributed by atoms with Crippen LogP contribution in [0.1, 0.15) is 70.3 Å². The average Bonchev–Trinajstić information content (AvgIpc) is 3.08. The van der Waals surface area contributed by atoms with E-state index in [9.17, 15) is 14.3 Å². The summed E-state index contributed by atoms with van der Waals surface area (Å²) in [6, 6.07) is 2.67. The highest BCUT2D eigenvalue weighted by molar-refractivity contribution is 5.93. The predicted octanol–water partition coefficient (Wildman–Crippen LogP) is 5.93. The van der Waals surface area contributed by atoms with E-state index < -0.39 is 11.9 Å².